The van der Waals surface area contributed by atoms with Crippen molar-refractivity contribution in [1.29, 1.82) is 0 Å². The molecule has 3 atom stereocenters. The third-order valence-electron chi connectivity index (χ3n) is 5.70. The molecule has 132 valence electrons. The van der Waals surface area contributed by atoms with Crippen molar-refractivity contribution in [2.75, 3.05) is 13.1 Å². The third-order valence-corrected chi connectivity index (χ3v) is 7.60. The summed E-state index contributed by atoms with van der Waals surface area (Å²) in [4.78, 5) is 2.85. The first kappa shape index (κ1) is 16.8. The van der Waals surface area contributed by atoms with Crippen LogP contribution in [0.15, 0.2) is 59.5 Å². The molecule has 2 bridgehead atoms. The SMILES string of the molecule is Cc1ccc(S(=O)(=O)N2C[C@@H]3[C@H](C)[C@H]2CN3Cc2ccccc2)cc1. The maximum Gasteiger partial charge on any atom is 0.243 e. The molecule has 4 nitrogen and oxygen atoms in total. The Kier molecular flexibility index (Phi) is 4.18. The van der Waals surface area contributed by atoms with Crippen molar-refractivity contribution in [2.45, 2.75) is 37.4 Å². The molecule has 0 radical (unpaired) electrons. The largest absolute Gasteiger partial charge is 0.293 e. The van der Waals surface area contributed by atoms with Gasteiger partial charge in [-0.3, -0.25) is 4.90 Å². The minimum Gasteiger partial charge on any atom is -0.293 e. The number of likely N-dealkylation sites (tertiary alicyclic amines) is 1. The molecule has 2 fully saturated rings. The number of hydrogen-bond donors (Lipinski definition) is 0. The van der Waals surface area contributed by atoms with Gasteiger partial charge in [0, 0.05) is 31.7 Å². The maximum absolute atomic E-state index is 13.1. The van der Waals surface area contributed by atoms with Gasteiger partial charge in [0.25, 0.3) is 0 Å². The maximum atomic E-state index is 13.1. The van der Waals surface area contributed by atoms with E-state index < -0.39 is 10.0 Å². The van der Waals surface area contributed by atoms with Crippen molar-refractivity contribution < 1.29 is 8.42 Å². The van der Waals surface area contributed by atoms with E-state index >= 15 is 0 Å². The van der Waals surface area contributed by atoms with Gasteiger partial charge in [-0.2, -0.15) is 4.31 Å². The van der Waals surface area contributed by atoms with E-state index in [1.54, 1.807) is 16.4 Å². The molecule has 0 N–H and O–H groups in total. The summed E-state index contributed by atoms with van der Waals surface area (Å²) in [5.41, 5.74) is 2.36. The van der Waals surface area contributed by atoms with Crippen molar-refractivity contribution in [3.05, 3.63) is 65.7 Å². The summed E-state index contributed by atoms with van der Waals surface area (Å²) in [7, 11) is -3.41. The Balaban J connectivity index is 1.53. The van der Waals surface area contributed by atoms with Gasteiger partial charge in [0.2, 0.25) is 10.0 Å². The molecule has 0 aromatic heterocycles. The van der Waals surface area contributed by atoms with Gasteiger partial charge < -0.3 is 0 Å². The summed E-state index contributed by atoms with van der Waals surface area (Å²) < 4.78 is 27.8. The van der Waals surface area contributed by atoms with Crippen LogP contribution in [0.3, 0.4) is 0 Å². The van der Waals surface area contributed by atoms with Crippen LogP contribution in [0.1, 0.15) is 18.1 Å². The second kappa shape index (κ2) is 6.24. The van der Waals surface area contributed by atoms with E-state index in [9.17, 15) is 8.42 Å². The van der Waals surface area contributed by atoms with E-state index in [-0.39, 0.29) is 6.04 Å². The molecule has 0 unspecified atom stereocenters. The second-order valence-corrected chi connectivity index (χ2v) is 9.19. The number of benzene rings is 2. The standard InChI is InChI=1S/C20H24N2O2S/c1-15-8-10-18(11-9-15)25(23,24)22-14-19-16(2)20(22)13-21(19)12-17-6-4-3-5-7-17/h3-11,16,19-20H,12-14H2,1-2H3/t16-,19+,20+/m0/s1. The summed E-state index contributed by atoms with van der Waals surface area (Å²) in [5.74, 6) is 0.365. The van der Waals surface area contributed by atoms with Crippen LogP contribution in [0.5, 0.6) is 0 Å². The Morgan fingerprint density at radius 1 is 0.960 bits per heavy atom. The lowest BCUT2D eigenvalue weighted by molar-refractivity contribution is 0.173. The fourth-order valence-corrected chi connectivity index (χ4v) is 5.92. The molecule has 2 aromatic carbocycles. The highest BCUT2D eigenvalue weighted by atomic mass is 32.2. The van der Waals surface area contributed by atoms with Crippen LogP contribution in [0, 0.1) is 12.8 Å². The molecular formula is C20H24N2O2S. The van der Waals surface area contributed by atoms with Crippen LogP contribution in [0.2, 0.25) is 0 Å². The number of fused-ring (bicyclic) bond motifs is 2. The summed E-state index contributed by atoms with van der Waals surface area (Å²) >= 11 is 0. The predicted molar refractivity (Wildman–Crippen MR) is 98.7 cm³/mol. The van der Waals surface area contributed by atoms with E-state index in [0.717, 1.165) is 18.7 Å². The van der Waals surface area contributed by atoms with Crippen molar-refractivity contribution >= 4 is 10.0 Å². The van der Waals surface area contributed by atoms with Crippen molar-refractivity contribution in [3.8, 4) is 0 Å². The Morgan fingerprint density at radius 2 is 1.64 bits per heavy atom. The molecule has 2 heterocycles. The number of rotatable bonds is 4. The fourth-order valence-electron chi connectivity index (χ4n) is 4.21. The van der Waals surface area contributed by atoms with Crippen molar-refractivity contribution in [1.82, 2.24) is 9.21 Å². The van der Waals surface area contributed by atoms with Crippen LogP contribution < -0.4 is 0 Å². The smallest absolute Gasteiger partial charge is 0.243 e. The Hall–Kier alpha value is -1.69. The van der Waals surface area contributed by atoms with Gasteiger partial charge in [0.15, 0.2) is 0 Å². The summed E-state index contributed by atoms with van der Waals surface area (Å²) in [6, 6.07) is 18.0. The molecule has 0 aliphatic carbocycles. The molecule has 2 aromatic rings. The number of nitrogens with zero attached hydrogens (tertiary/aromatic N) is 2. The van der Waals surface area contributed by atoms with E-state index in [4.69, 9.17) is 0 Å². The minimum atomic E-state index is -3.41. The van der Waals surface area contributed by atoms with E-state index in [0.29, 0.717) is 23.4 Å². The highest BCUT2D eigenvalue weighted by molar-refractivity contribution is 7.89. The monoisotopic (exact) mass is 356 g/mol. The summed E-state index contributed by atoms with van der Waals surface area (Å²) in [5, 5.41) is 0. The first-order chi connectivity index (χ1) is 12.0. The molecule has 0 saturated carbocycles. The first-order valence-electron chi connectivity index (χ1n) is 8.83. The Labute approximate surface area is 150 Å². The molecule has 4 rings (SSSR count). The molecule has 2 aliphatic rings. The average molecular weight is 356 g/mol. The number of aryl methyl sites for hydroxylation is 1. The van der Waals surface area contributed by atoms with Crippen LogP contribution in [-0.2, 0) is 16.6 Å². The molecule has 2 aliphatic heterocycles. The Bertz CT molecular complexity index is 849. The topological polar surface area (TPSA) is 40.6 Å². The van der Waals surface area contributed by atoms with Crippen molar-refractivity contribution in [3.63, 3.8) is 0 Å². The predicted octanol–water partition coefficient (Wildman–Crippen LogP) is 2.89. The fraction of sp³-hybridized carbons (Fsp3) is 0.400. The van der Waals surface area contributed by atoms with Crippen LogP contribution in [-0.4, -0.2) is 42.8 Å². The van der Waals surface area contributed by atoms with Gasteiger partial charge in [0.1, 0.15) is 0 Å². The molecule has 0 spiro atoms. The lowest BCUT2D eigenvalue weighted by Crippen LogP contribution is -2.48. The highest BCUT2D eigenvalue weighted by Gasteiger charge is 2.52. The van der Waals surface area contributed by atoms with Crippen LogP contribution in [0.4, 0.5) is 0 Å². The van der Waals surface area contributed by atoms with E-state index in [1.807, 2.05) is 25.1 Å². The van der Waals surface area contributed by atoms with E-state index in [1.165, 1.54) is 5.56 Å². The zero-order valence-corrected chi connectivity index (χ0v) is 15.5. The van der Waals surface area contributed by atoms with Crippen LogP contribution in [0.25, 0.3) is 0 Å². The van der Waals surface area contributed by atoms with Crippen molar-refractivity contribution in [2.24, 2.45) is 5.92 Å². The Morgan fingerprint density at radius 3 is 2.24 bits per heavy atom. The number of sulfonamides is 1. The molecule has 0 amide bonds. The number of hydrogen-bond acceptors (Lipinski definition) is 3. The molecular weight excluding hydrogens is 332 g/mol. The van der Waals surface area contributed by atoms with Gasteiger partial charge in [-0.05, 0) is 30.5 Å². The second-order valence-electron chi connectivity index (χ2n) is 7.30. The van der Waals surface area contributed by atoms with Gasteiger partial charge in [-0.15, -0.1) is 0 Å². The van der Waals surface area contributed by atoms with Gasteiger partial charge in [0.05, 0.1) is 4.90 Å². The average Bonchev–Trinajstić information content (AvgIpc) is 3.08. The zero-order valence-electron chi connectivity index (χ0n) is 14.7. The third kappa shape index (κ3) is 2.90. The molecule has 25 heavy (non-hydrogen) atoms. The first-order valence-corrected chi connectivity index (χ1v) is 10.3. The van der Waals surface area contributed by atoms with Gasteiger partial charge >= 0.3 is 0 Å². The zero-order chi connectivity index (χ0) is 17.6. The van der Waals surface area contributed by atoms with E-state index in [2.05, 4.69) is 36.1 Å². The molecule has 2 saturated heterocycles. The molecule has 5 heteroatoms. The lowest BCUT2D eigenvalue weighted by atomic mass is 10.0. The van der Waals surface area contributed by atoms with Gasteiger partial charge in [-0.25, -0.2) is 8.42 Å². The summed E-state index contributed by atoms with van der Waals surface area (Å²) in [6.07, 6.45) is 0. The lowest BCUT2D eigenvalue weighted by Gasteiger charge is -2.33. The van der Waals surface area contributed by atoms with Gasteiger partial charge in [-0.1, -0.05) is 55.0 Å². The highest BCUT2D eigenvalue weighted by Crippen LogP contribution is 2.39. The van der Waals surface area contributed by atoms with Crippen LogP contribution >= 0.6 is 0 Å². The minimum absolute atomic E-state index is 0.0695. The number of piperazine rings is 1. The summed E-state index contributed by atoms with van der Waals surface area (Å²) in [6.45, 7) is 6.45. The normalized spacial score (nSPS) is 27.0. The quantitative estimate of drug-likeness (QED) is 0.846.